The smallest absolute Gasteiger partial charge is 0.247 e. The van der Waals surface area contributed by atoms with Crippen LogP contribution in [0.25, 0.3) is 0 Å². The van der Waals surface area contributed by atoms with E-state index >= 15 is 0 Å². The Hall–Kier alpha value is -1.29. The molecule has 0 spiro atoms. The van der Waals surface area contributed by atoms with Crippen LogP contribution in [0, 0.1) is 0 Å². The fraction of sp³-hybridized carbons (Fsp3) is 0.600. The second-order valence-corrected chi connectivity index (χ2v) is 7.80. The Labute approximate surface area is 150 Å². The molecule has 1 aliphatic heterocycles. The number of benzene rings is 1. The zero-order valence-electron chi connectivity index (χ0n) is 14.9. The number of carbonyl (C=O) groups excluding carboxylic acids is 2. The van der Waals surface area contributed by atoms with E-state index in [1.165, 1.54) is 41.9 Å². The van der Waals surface area contributed by atoms with Crippen LogP contribution in [-0.4, -0.2) is 21.4 Å². The molecule has 0 aromatic heterocycles. The van der Waals surface area contributed by atoms with E-state index in [1.54, 1.807) is 0 Å². The highest BCUT2D eigenvalue weighted by Gasteiger charge is 2.40. The summed E-state index contributed by atoms with van der Waals surface area (Å²) in [4.78, 5) is 25.1. The Kier molecular flexibility index (Phi) is 7.83. The highest BCUT2D eigenvalue weighted by molar-refractivity contribution is 7.98. The first-order chi connectivity index (χ1) is 11.7. The molecule has 2 amide bonds. The minimum absolute atomic E-state index is 0.0338. The topological polar surface area (TPSA) is 37.4 Å². The maximum atomic E-state index is 12.7. The van der Waals surface area contributed by atoms with Gasteiger partial charge in [0.25, 0.3) is 0 Å². The molecule has 1 saturated heterocycles. The van der Waals surface area contributed by atoms with Crippen molar-refractivity contribution in [3.8, 4) is 0 Å². The summed E-state index contributed by atoms with van der Waals surface area (Å²) in [6.07, 6.45) is 8.47. The van der Waals surface area contributed by atoms with Gasteiger partial charge in [-0.15, -0.1) is 0 Å². The van der Waals surface area contributed by atoms with Gasteiger partial charge in [0.1, 0.15) is 0 Å². The molecule has 1 aromatic carbocycles. The van der Waals surface area contributed by atoms with Gasteiger partial charge in [0.05, 0.1) is 5.92 Å². The molecule has 4 heteroatoms. The normalized spacial score (nSPS) is 19.1. The molecular formula is C20H29NO2S. The molecule has 2 atom stereocenters. The van der Waals surface area contributed by atoms with E-state index in [-0.39, 0.29) is 17.7 Å². The summed E-state index contributed by atoms with van der Waals surface area (Å²) in [6, 6.07) is 9.68. The van der Waals surface area contributed by atoms with Crippen molar-refractivity contribution in [1.29, 1.82) is 0 Å². The summed E-state index contributed by atoms with van der Waals surface area (Å²) in [5.41, 5.74) is 0.953. The molecule has 0 bridgehead atoms. The van der Waals surface area contributed by atoms with Gasteiger partial charge in [-0.3, -0.25) is 9.59 Å². The fourth-order valence-corrected chi connectivity index (χ4v) is 4.52. The third-order valence-electron chi connectivity index (χ3n) is 4.55. The van der Waals surface area contributed by atoms with Gasteiger partial charge in [-0.1, -0.05) is 76.3 Å². The lowest BCUT2D eigenvalue weighted by atomic mass is 9.98. The maximum Gasteiger partial charge on any atom is 0.247 e. The largest absolute Gasteiger partial charge is 0.273 e. The summed E-state index contributed by atoms with van der Waals surface area (Å²) in [5, 5.41) is 0.370. The predicted octanol–water partition coefficient (Wildman–Crippen LogP) is 5.32. The molecule has 132 valence electrons. The number of unbranched alkanes of at least 4 members (excludes halogenated alkanes) is 3. The minimum atomic E-state index is -0.298. The quantitative estimate of drug-likeness (QED) is 0.327. The second kappa shape index (κ2) is 9.87. The summed E-state index contributed by atoms with van der Waals surface area (Å²) in [6.45, 7) is 4.38. The van der Waals surface area contributed by atoms with E-state index in [0.29, 0.717) is 11.7 Å². The van der Waals surface area contributed by atoms with Crippen molar-refractivity contribution in [2.24, 2.45) is 0 Å². The molecule has 1 aromatic rings. The van der Waals surface area contributed by atoms with Gasteiger partial charge in [0, 0.05) is 11.7 Å². The lowest BCUT2D eigenvalue weighted by Crippen LogP contribution is -2.26. The van der Waals surface area contributed by atoms with Crippen LogP contribution in [0.15, 0.2) is 30.3 Å². The highest BCUT2D eigenvalue weighted by Crippen LogP contribution is 2.37. The molecule has 0 N–H and O–H groups in total. The number of nitrogens with zero attached hydrogens (tertiary/aromatic N) is 1. The van der Waals surface area contributed by atoms with Crippen molar-refractivity contribution in [3.63, 3.8) is 0 Å². The Bertz CT molecular complexity index is 532. The van der Waals surface area contributed by atoms with Gasteiger partial charge >= 0.3 is 0 Å². The summed E-state index contributed by atoms with van der Waals surface area (Å²) < 4.78 is 1.46. The molecule has 1 heterocycles. The summed E-state index contributed by atoms with van der Waals surface area (Å²) >= 11 is 1.48. The van der Waals surface area contributed by atoms with E-state index in [4.69, 9.17) is 0 Å². The van der Waals surface area contributed by atoms with E-state index in [9.17, 15) is 9.59 Å². The van der Waals surface area contributed by atoms with Gasteiger partial charge in [-0.05, 0) is 30.4 Å². The van der Waals surface area contributed by atoms with Gasteiger partial charge in [-0.2, -0.15) is 0 Å². The SMILES string of the molecule is CCCCCCC(CCC)SN1C(=O)CC(c2ccccc2)C1=O. The summed E-state index contributed by atoms with van der Waals surface area (Å²) in [7, 11) is 0. The molecule has 0 radical (unpaired) electrons. The van der Waals surface area contributed by atoms with Crippen LogP contribution in [0.5, 0.6) is 0 Å². The van der Waals surface area contributed by atoms with E-state index < -0.39 is 0 Å². The Morgan fingerprint density at radius 3 is 2.46 bits per heavy atom. The minimum Gasteiger partial charge on any atom is -0.273 e. The molecule has 2 unspecified atom stereocenters. The Morgan fingerprint density at radius 1 is 1.04 bits per heavy atom. The first kappa shape index (κ1) is 19.0. The number of amides is 2. The third kappa shape index (κ3) is 5.10. The average Bonchev–Trinajstić information content (AvgIpc) is 2.87. The first-order valence-electron chi connectivity index (χ1n) is 9.25. The fourth-order valence-electron chi connectivity index (χ4n) is 3.19. The standard InChI is InChI=1S/C20H29NO2S/c1-3-5-6-10-14-17(11-4-2)24-21-19(22)15-18(20(21)23)16-12-8-7-9-13-16/h7-9,12-13,17-18H,3-6,10-11,14-15H2,1-2H3. The van der Waals surface area contributed by atoms with Crippen molar-refractivity contribution < 1.29 is 9.59 Å². The van der Waals surface area contributed by atoms with E-state index in [0.717, 1.165) is 24.8 Å². The van der Waals surface area contributed by atoms with Crippen molar-refractivity contribution in [2.45, 2.75) is 76.4 Å². The van der Waals surface area contributed by atoms with Gasteiger partial charge in [-0.25, -0.2) is 4.31 Å². The van der Waals surface area contributed by atoms with Crippen molar-refractivity contribution in [3.05, 3.63) is 35.9 Å². The van der Waals surface area contributed by atoms with E-state index in [1.807, 2.05) is 30.3 Å². The zero-order valence-corrected chi connectivity index (χ0v) is 15.7. The van der Waals surface area contributed by atoms with Crippen LogP contribution in [0.4, 0.5) is 0 Å². The van der Waals surface area contributed by atoms with Crippen LogP contribution in [0.2, 0.25) is 0 Å². The Balaban J connectivity index is 1.96. The van der Waals surface area contributed by atoms with Crippen LogP contribution >= 0.6 is 11.9 Å². The number of rotatable bonds is 10. The molecule has 0 saturated carbocycles. The maximum absolute atomic E-state index is 12.7. The number of hydrogen-bond donors (Lipinski definition) is 0. The first-order valence-corrected chi connectivity index (χ1v) is 10.1. The zero-order chi connectivity index (χ0) is 17.4. The number of imide groups is 1. The molecular weight excluding hydrogens is 318 g/mol. The van der Waals surface area contributed by atoms with Crippen LogP contribution in [-0.2, 0) is 9.59 Å². The van der Waals surface area contributed by atoms with Gasteiger partial charge in [0.2, 0.25) is 11.8 Å². The second-order valence-electron chi connectivity index (χ2n) is 6.56. The monoisotopic (exact) mass is 347 g/mol. The summed E-state index contributed by atoms with van der Waals surface area (Å²) in [5.74, 6) is -0.368. The van der Waals surface area contributed by atoms with Crippen molar-refractivity contribution in [2.75, 3.05) is 0 Å². The molecule has 3 nitrogen and oxygen atoms in total. The predicted molar refractivity (Wildman–Crippen MR) is 101 cm³/mol. The Morgan fingerprint density at radius 2 is 1.79 bits per heavy atom. The molecule has 1 fully saturated rings. The number of carbonyl (C=O) groups is 2. The molecule has 0 aliphatic carbocycles. The highest BCUT2D eigenvalue weighted by atomic mass is 32.2. The molecule has 2 rings (SSSR count). The lowest BCUT2D eigenvalue weighted by Gasteiger charge is -2.21. The average molecular weight is 348 g/mol. The lowest BCUT2D eigenvalue weighted by molar-refractivity contribution is -0.132. The van der Waals surface area contributed by atoms with Crippen LogP contribution in [0.1, 0.15) is 76.7 Å². The molecule has 24 heavy (non-hydrogen) atoms. The van der Waals surface area contributed by atoms with Gasteiger partial charge in [0.15, 0.2) is 0 Å². The van der Waals surface area contributed by atoms with Crippen LogP contribution < -0.4 is 0 Å². The van der Waals surface area contributed by atoms with Gasteiger partial charge < -0.3 is 0 Å². The molecule has 1 aliphatic rings. The van der Waals surface area contributed by atoms with E-state index in [2.05, 4.69) is 13.8 Å². The van der Waals surface area contributed by atoms with Crippen molar-refractivity contribution >= 4 is 23.8 Å². The van der Waals surface area contributed by atoms with Crippen LogP contribution in [0.3, 0.4) is 0 Å². The third-order valence-corrected chi connectivity index (χ3v) is 5.91. The van der Waals surface area contributed by atoms with Crippen molar-refractivity contribution in [1.82, 2.24) is 4.31 Å². The number of hydrogen-bond acceptors (Lipinski definition) is 3.